The standard InChI is InChI=1S/C19H27N3O2.ClH/c1-14-6-10-21(11-7-14)19(24)16-8-12-22(13-9-16)18(23)15-2-4-17(20)5-3-15;/h2-5,14,16H,6-13,20H2,1H3;1H. The number of likely N-dealkylation sites (tertiary alicyclic amines) is 2. The van der Waals surface area contributed by atoms with Gasteiger partial charge in [0.1, 0.15) is 0 Å². The number of rotatable bonds is 2. The largest absolute Gasteiger partial charge is 0.399 e. The Balaban J connectivity index is 0.00000225. The van der Waals surface area contributed by atoms with Crippen molar-refractivity contribution < 1.29 is 9.59 Å². The van der Waals surface area contributed by atoms with Gasteiger partial charge in [0.05, 0.1) is 0 Å². The van der Waals surface area contributed by atoms with Gasteiger partial charge >= 0.3 is 0 Å². The topological polar surface area (TPSA) is 66.6 Å². The summed E-state index contributed by atoms with van der Waals surface area (Å²) >= 11 is 0. The molecular formula is C19H28ClN3O2. The highest BCUT2D eigenvalue weighted by molar-refractivity contribution is 5.94. The summed E-state index contributed by atoms with van der Waals surface area (Å²) in [7, 11) is 0. The average Bonchev–Trinajstić information content (AvgIpc) is 2.62. The quantitative estimate of drug-likeness (QED) is 0.819. The molecule has 1 aromatic carbocycles. The van der Waals surface area contributed by atoms with Gasteiger partial charge in [-0.3, -0.25) is 9.59 Å². The first kappa shape index (κ1) is 19.6. The second-order valence-electron chi connectivity index (χ2n) is 7.20. The van der Waals surface area contributed by atoms with E-state index in [4.69, 9.17) is 5.73 Å². The maximum atomic E-state index is 12.7. The molecule has 2 N–H and O–H groups in total. The third-order valence-electron chi connectivity index (χ3n) is 5.38. The van der Waals surface area contributed by atoms with E-state index in [0.29, 0.717) is 30.2 Å². The molecule has 6 heteroatoms. The average molecular weight is 366 g/mol. The van der Waals surface area contributed by atoms with Crippen LogP contribution in [0.5, 0.6) is 0 Å². The van der Waals surface area contributed by atoms with Crippen molar-refractivity contribution in [3.05, 3.63) is 29.8 Å². The minimum Gasteiger partial charge on any atom is -0.399 e. The molecule has 2 amide bonds. The number of benzene rings is 1. The van der Waals surface area contributed by atoms with Crippen molar-refractivity contribution in [3.8, 4) is 0 Å². The number of hydrogen-bond donors (Lipinski definition) is 1. The summed E-state index contributed by atoms with van der Waals surface area (Å²) in [6.45, 7) is 5.35. The maximum absolute atomic E-state index is 12.7. The van der Waals surface area contributed by atoms with Crippen LogP contribution in [0.2, 0.25) is 0 Å². The normalized spacial score (nSPS) is 19.4. The van der Waals surface area contributed by atoms with E-state index in [2.05, 4.69) is 6.92 Å². The van der Waals surface area contributed by atoms with Crippen LogP contribution in [0.15, 0.2) is 24.3 Å². The van der Waals surface area contributed by atoms with Gasteiger partial charge in [-0.1, -0.05) is 6.92 Å². The second-order valence-corrected chi connectivity index (χ2v) is 7.20. The van der Waals surface area contributed by atoms with E-state index < -0.39 is 0 Å². The van der Waals surface area contributed by atoms with Crippen LogP contribution in [0.3, 0.4) is 0 Å². The minimum atomic E-state index is 0. The van der Waals surface area contributed by atoms with Crippen LogP contribution in [0.25, 0.3) is 0 Å². The molecule has 0 saturated carbocycles. The zero-order chi connectivity index (χ0) is 17.1. The van der Waals surface area contributed by atoms with E-state index in [0.717, 1.165) is 44.7 Å². The Labute approximate surface area is 155 Å². The predicted molar refractivity (Wildman–Crippen MR) is 102 cm³/mol. The van der Waals surface area contributed by atoms with Crippen molar-refractivity contribution in [2.75, 3.05) is 31.9 Å². The van der Waals surface area contributed by atoms with Crippen molar-refractivity contribution in [2.24, 2.45) is 11.8 Å². The lowest BCUT2D eigenvalue weighted by Crippen LogP contribution is -2.46. The molecule has 0 radical (unpaired) electrons. The summed E-state index contributed by atoms with van der Waals surface area (Å²) in [5.74, 6) is 1.14. The van der Waals surface area contributed by atoms with Crippen LogP contribution >= 0.6 is 12.4 Å². The van der Waals surface area contributed by atoms with Crippen LogP contribution in [0.1, 0.15) is 43.0 Å². The highest BCUT2D eigenvalue weighted by Gasteiger charge is 2.31. The molecule has 0 bridgehead atoms. The fourth-order valence-electron chi connectivity index (χ4n) is 3.62. The number of hydrogen-bond acceptors (Lipinski definition) is 3. The van der Waals surface area contributed by atoms with E-state index in [1.807, 2.05) is 9.80 Å². The summed E-state index contributed by atoms with van der Waals surface area (Å²) < 4.78 is 0. The van der Waals surface area contributed by atoms with Crippen LogP contribution in [-0.2, 0) is 4.79 Å². The van der Waals surface area contributed by atoms with Crippen molar-refractivity contribution >= 4 is 29.9 Å². The van der Waals surface area contributed by atoms with Crippen LogP contribution < -0.4 is 5.73 Å². The summed E-state index contributed by atoms with van der Waals surface area (Å²) in [6, 6.07) is 7.04. The summed E-state index contributed by atoms with van der Waals surface area (Å²) in [5.41, 5.74) is 6.99. The Bertz CT molecular complexity index is 589. The molecule has 138 valence electrons. The smallest absolute Gasteiger partial charge is 0.253 e. The monoisotopic (exact) mass is 365 g/mol. The van der Waals surface area contributed by atoms with Crippen molar-refractivity contribution in [3.63, 3.8) is 0 Å². The molecule has 2 heterocycles. The van der Waals surface area contributed by atoms with Gasteiger partial charge in [0.15, 0.2) is 0 Å². The van der Waals surface area contributed by atoms with E-state index >= 15 is 0 Å². The number of nitrogen functional groups attached to an aromatic ring is 1. The van der Waals surface area contributed by atoms with E-state index in [-0.39, 0.29) is 24.2 Å². The van der Waals surface area contributed by atoms with Crippen molar-refractivity contribution in [1.82, 2.24) is 9.80 Å². The molecule has 25 heavy (non-hydrogen) atoms. The van der Waals surface area contributed by atoms with E-state index in [1.54, 1.807) is 24.3 Å². The number of carbonyl (C=O) groups excluding carboxylic acids is 2. The molecule has 0 unspecified atom stereocenters. The molecule has 0 aromatic heterocycles. The Hall–Kier alpha value is -1.75. The van der Waals surface area contributed by atoms with Crippen molar-refractivity contribution in [1.29, 1.82) is 0 Å². The fourth-order valence-corrected chi connectivity index (χ4v) is 3.62. The molecule has 2 aliphatic heterocycles. The Morgan fingerprint density at radius 3 is 2.00 bits per heavy atom. The molecule has 1 aromatic rings. The molecule has 0 spiro atoms. The highest BCUT2D eigenvalue weighted by atomic mass is 35.5. The Kier molecular flexibility index (Phi) is 6.71. The Morgan fingerprint density at radius 2 is 1.44 bits per heavy atom. The number of nitrogens with zero attached hydrogens (tertiary/aromatic N) is 2. The third kappa shape index (κ3) is 4.66. The Morgan fingerprint density at radius 1 is 0.920 bits per heavy atom. The number of nitrogens with two attached hydrogens (primary N) is 1. The number of amides is 2. The van der Waals surface area contributed by atoms with E-state index in [1.165, 1.54) is 0 Å². The fraction of sp³-hybridized carbons (Fsp3) is 0.579. The lowest BCUT2D eigenvalue weighted by Gasteiger charge is -2.36. The molecule has 2 fully saturated rings. The van der Waals surface area contributed by atoms with Crippen LogP contribution in [0, 0.1) is 11.8 Å². The highest BCUT2D eigenvalue weighted by Crippen LogP contribution is 2.24. The predicted octanol–water partition coefficient (Wildman–Crippen LogP) is 2.80. The third-order valence-corrected chi connectivity index (χ3v) is 5.38. The summed E-state index contributed by atoms with van der Waals surface area (Å²) in [5, 5.41) is 0. The van der Waals surface area contributed by atoms with Gasteiger partial charge in [-0.15, -0.1) is 12.4 Å². The lowest BCUT2D eigenvalue weighted by molar-refractivity contribution is -0.138. The number of anilines is 1. The zero-order valence-corrected chi connectivity index (χ0v) is 15.6. The van der Waals surface area contributed by atoms with Gasteiger partial charge in [0.2, 0.25) is 5.91 Å². The van der Waals surface area contributed by atoms with Gasteiger partial charge in [0.25, 0.3) is 5.91 Å². The van der Waals surface area contributed by atoms with Gasteiger partial charge in [0, 0.05) is 43.3 Å². The van der Waals surface area contributed by atoms with Gasteiger partial charge in [-0.2, -0.15) is 0 Å². The molecule has 2 aliphatic rings. The van der Waals surface area contributed by atoms with Gasteiger partial charge in [-0.25, -0.2) is 0 Å². The molecule has 0 aliphatic carbocycles. The van der Waals surface area contributed by atoms with E-state index in [9.17, 15) is 9.59 Å². The summed E-state index contributed by atoms with van der Waals surface area (Å²) in [4.78, 5) is 29.1. The van der Waals surface area contributed by atoms with Crippen molar-refractivity contribution in [2.45, 2.75) is 32.6 Å². The van der Waals surface area contributed by atoms with Crippen LogP contribution in [-0.4, -0.2) is 47.8 Å². The summed E-state index contributed by atoms with van der Waals surface area (Å²) in [6.07, 6.45) is 3.76. The second kappa shape index (κ2) is 8.56. The lowest BCUT2D eigenvalue weighted by atomic mass is 9.92. The number of piperidine rings is 2. The van der Waals surface area contributed by atoms with Crippen LogP contribution in [0.4, 0.5) is 5.69 Å². The minimum absolute atomic E-state index is 0. The molecular weight excluding hydrogens is 338 g/mol. The molecule has 3 rings (SSSR count). The molecule has 0 atom stereocenters. The van der Waals surface area contributed by atoms with Gasteiger partial charge < -0.3 is 15.5 Å². The van der Waals surface area contributed by atoms with Gasteiger partial charge in [-0.05, 0) is 55.9 Å². The molecule has 2 saturated heterocycles. The number of halogens is 1. The SMILES string of the molecule is CC1CCN(C(=O)C2CCN(C(=O)c3ccc(N)cc3)CC2)CC1.Cl. The maximum Gasteiger partial charge on any atom is 0.253 e. The first-order chi connectivity index (χ1) is 11.5. The number of carbonyl (C=O) groups is 2. The first-order valence-electron chi connectivity index (χ1n) is 8.98. The zero-order valence-electron chi connectivity index (χ0n) is 14.8. The molecule has 5 nitrogen and oxygen atoms in total. The first-order valence-corrected chi connectivity index (χ1v) is 8.98.